The third-order valence-electron chi connectivity index (χ3n) is 3.03. The van der Waals surface area contributed by atoms with Crippen LogP contribution in [0.5, 0.6) is 0 Å². The van der Waals surface area contributed by atoms with Crippen LogP contribution in [0.4, 0.5) is 4.39 Å². The molecule has 0 aliphatic carbocycles. The van der Waals surface area contributed by atoms with Crippen LogP contribution in [0.1, 0.15) is 33.0 Å². The first kappa shape index (κ1) is 16.5. The molecule has 23 heavy (non-hydrogen) atoms. The molecule has 7 heteroatoms. The molecule has 6 nitrogen and oxygen atoms in total. The van der Waals surface area contributed by atoms with Crippen molar-refractivity contribution >= 4 is 11.8 Å². The molecule has 2 rings (SSSR count). The number of benzene rings is 1. The molecule has 0 fully saturated rings. The minimum absolute atomic E-state index is 0.249. The quantitative estimate of drug-likeness (QED) is 0.791. The zero-order chi connectivity index (χ0) is 16.7. The highest BCUT2D eigenvalue weighted by atomic mass is 19.1. The van der Waals surface area contributed by atoms with E-state index in [1.54, 1.807) is 6.92 Å². The number of hydrogen-bond acceptors (Lipinski definition) is 4. The third-order valence-corrected chi connectivity index (χ3v) is 3.03. The van der Waals surface area contributed by atoms with Gasteiger partial charge in [0.2, 0.25) is 0 Å². The summed E-state index contributed by atoms with van der Waals surface area (Å²) in [7, 11) is 0. The molecule has 120 valence electrons. The molecular weight excluding hydrogens is 299 g/mol. The Morgan fingerprint density at radius 2 is 1.83 bits per heavy atom. The predicted molar refractivity (Wildman–Crippen MR) is 82.5 cm³/mol. The summed E-state index contributed by atoms with van der Waals surface area (Å²) in [4.78, 5) is 31.5. The van der Waals surface area contributed by atoms with Crippen LogP contribution in [-0.4, -0.2) is 34.9 Å². The summed E-state index contributed by atoms with van der Waals surface area (Å²) in [5.41, 5.74) is 1.25. The summed E-state index contributed by atoms with van der Waals surface area (Å²) in [5, 5.41) is 5.35. The fourth-order valence-electron chi connectivity index (χ4n) is 1.82. The van der Waals surface area contributed by atoms with Crippen LogP contribution in [0.2, 0.25) is 0 Å². The van der Waals surface area contributed by atoms with Crippen molar-refractivity contribution in [1.29, 1.82) is 0 Å². The lowest BCUT2D eigenvalue weighted by Gasteiger charge is -2.07. The first-order valence-corrected chi connectivity index (χ1v) is 7.17. The van der Waals surface area contributed by atoms with E-state index in [2.05, 4.69) is 20.6 Å². The van der Waals surface area contributed by atoms with Crippen molar-refractivity contribution in [3.05, 3.63) is 59.4 Å². The molecule has 0 spiro atoms. The second-order valence-corrected chi connectivity index (χ2v) is 4.92. The fourth-order valence-corrected chi connectivity index (χ4v) is 1.82. The van der Waals surface area contributed by atoms with Gasteiger partial charge in [0.15, 0.2) is 0 Å². The molecule has 1 aromatic carbocycles. The fraction of sp³-hybridized carbons (Fsp3) is 0.250. The maximum Gasteiger partial charge on any atom is 0.271 e. The summed E-state index contributed by atoms with van der Waals surface area (Å²) >= 11 is 0. The van der Waals surface area contributed by atoms with Crippen molar-refractivity contribution in [1.82, 2.24) is 20.6 Å². The van der Waals surface area contributed by atoms with E-state index in [1.165, 1.54) is 36.7 Å². The summed E-state index contributed by atoms with van der Waals surface area (Å²) in [5.74, 6) is -1.11. The smallest absolute Gasteiger partial charge is 0.271 e. The van der Waals surface area contributed by atoms with E-state index in [0.29, 0.717) is 19.5 Å². The minimum Gasteiger partial charge on any atom is -0.352 e. The molecule has 0 saturated heterocycles. The van der Waals surface area contributed by atoms with Gasteiger partial charge in [0.25, 0.3) is 11.8 Å². The highest BCUT2D eigenvalue weighted by molar-refractivity contribution is 5.94. The second-order valence-electron chi connectivity index (χ2n) is 4.92. The van der Waals surface area contributed by atoms with Gasteiger partial charge >= 0.3 is 0 Å². The summed E-state index contributed by atoms with van der Waals surface area (Å²) in [6.45, 7) is 2.54. The van der Waals surface area contributed by atoms with E-state index in [-0.39, 0.29) is 23.1 Å². The number of nitrogens with zero attached hydrogens (tertiary/aromatic N) is 2. The molecule has 0 aliphatic heterocycles. The van der Waals surface area contributed by atoms with Gasteiger partial charge in [-0.3, -0.25) is 14.6 Å². The van der Waals surface area contributed by atoms with Crippen molar-refractivity contribution in [2.45, 2.75) is 13.3 Å². The zero-order valence-corrected chi connectivity index (χ0v) is 12.7. The summed E-state index contributed by atoms with van der Waals surface area (Å²) in [6.07, 6.45) is 3.48. The topological polar surface area (TPSA) is 84.0 Å². The lowest BCUT2D eigenvalue weighted by atomic mass is 10.2. The second kappa shape index (κ2) is 7.98. The lowest BCUT2D eigenvalue weighted by Crippen LogP contribution is -2.30. The molecule has 0 saturated carbocycles. The number of halogens is 1. The van der Waals surface area contributed by atoms with Gasteiger partial charge in [-0.2, -0.15) is 0 Å². The molecular formula is C16H17FN4O2. The Morgan fingerprint density at radius 3 is 2.48 bits per heavy atom. The Hall–Kier alpha value is -2.83. The molecule has 2 aromatic rings. The van der Waals surface area contributed by atoms with Gasteiger partial charge in [-0.1, -0.05) is 6.07 Å². The maximum absolute atomic E-state index is 13.0. The molecule has 0 bridgehead atoms. The first-order valence-electron chi connectivity index (χ1n) is 7.17. The number of aryl methyl sites for hydroxylation is 1. The van der Waals surface area contributed by atoms with Crippen molar-refractivity contribution in [2.24, 2.45) is 0 Å². The number of carbonyl (C=O) groups excluding carboxylic acids is 2. The number of rotatable bonds is 6. The van der Waals surface area contributed by atoms with Gasteiger partial charge in [0, 0.05) is 24.8 Å². The van der Waals surface area contributed by atoms with Gasteiger partial charge in [-0.15, -0.1) is 0 Å². The number of aromatic nitrogens is 2. The summed E-state index contributed by atoms with van der Waals surface area (Å²) in [6, 6.07) is 5.47. The van der Waals surface area contributed by atoms with E-state index < -0.39 is 5.82 Å². The van der Waals surface area contributed by atoms with E-state index in [9.17, 15) is 14.0 Å². The minimum atomic E-state index is -0.455. The van der Waals surface area contributed by atoms with Gasteiger partial charge in [0.1, 0.15) is 11.5 Å². The molecule has 2 N–H and O–H groups in total. The average molecular weight is 316 g/mol. The van der Waals surface area contributed by atoms with Gasteiger partial charge in [0.05, 0.1) is 11.9 Å². The van der Waals surface area contributed by atoms with Crippen LogP contribution in [0.15, 0.2) is 36.7 Å². The van der Waals surface area contributed by atoms with E-state index >= 15 is 0 Å². The number of amides is 2. The molecule has 1 aromatic heterocycles. The van der Waals surface area contributed by atoms with Crippen LogP contribution >= 0.6 is 0 Å². The molecule has 2 amide bonds. The van der Waals surface area contributed by atoms with Crippen LogP contribution in [-0.2, 0) is 0 Å². The largest absolute Gasteiger partial charge is 0.352 e. The van der Waals surface area contributed by atoms with Gasteiger partial charge in [-0.05, 0) is 31.5 Å². The number of hydrogen-bond donors (Lipinski definition) is 2. The van der Waals surface area contributed by atoms with Crippen molar-refractivity contribution < 1.29 is 14.0 Å². The highest BCUT2D eigenvalue weighted by Gasteiger charge is 2.07. The zero-order valence-electron chi connectivity index (χ0n) is 12.7. The predicted octanol–water partition coefficient (Wildman–Crippen LogP) is 1.47. The van der Waals surface area contributed by atoms with Crippen molar-refractivity contribution in [2.75, 3.05) is 13.1 Å². The van der Waals surface area contributed by atoms with Crippen LogP contribution in [0.3, 0.4) is 0 Å². The summed E-state index contributed by atoms with van der Waals surface area (Å²) < 4.78 is 13.0. The highest BCUT2D eigenvalue weighted by Crippen LogP contribution is 2.03. The molecule has 0 unspecified atom stereocenters. The van der Waals surface area contributed by atoms with E-state index in [1.807, 2.05) is 0 Å². The Bertz CT molecular complexity index is 689. The van der Waals surface area contributed by atoms with Gasteiger partial charge < -0.3 is 10.6 Å². The normalized spacial score (nSPS) is 10.2. The van der Waals surface area contributed by atoms with Crippen molar-refractivity contribution in [3.63, 3.8) is 0 Å². The number of nitrogens with one attached hydrogen (secondary N) is 2. The van der Waals surface area contributed by atoms with Crippen LogP contribution < -0.4 is 10.6 Å². The average Bonchev–Trinajstić information content (AvgIpc) is 2.54. The SMILES string of the molecule is Cc1cnc(C(=O)NCCCNC(=O)c2cccc(F)c2)cn1. The molecule has 0 atom stereocenters. The Morgan fingerprint density at radius 1 is 1.09 bits per heavy atom. The monoisotopic (exact) mass is 316 g/mol. The maximum atomic E-state index is 13.0. The van der Waals surface area contributed by atoms with E-state index in [4.69, 9.17) is 0 Å². The standard InChI is InChI=1S/C16H17FN4O2/c1-11-9-21-14(10-20-11)16(23)19-7-3-6-18-15(22)12-4-2-5-13(17)8-12/h2,4-5,8-10H,3,6-7H2,1H3,(H,18,22)(H,19,23). The third kappa shape index (κ3) is 5.14. The molecule has 0 radical (unpaired) electrons. The van der Waals surface area contributed by atoms with Crippen molar-refractivity contribution in [3.8, 4) is 0 Å². The Labute approximate surface area is 133 Å². The Balaban J connectivity index is 1.68. The Kier molecular flexibility index (Phi) is 5.74. The first-order chi connectivity index (χ1) is 11.1. The lowest BCUT2D eigenvalue weighted by molar-refractivity contribution is 0.0947. The molecule has 0 aliphatic rings. The number of carbonyl (C=O) groups is 2. The van der Waals surface area contributed by atoms with E-state index in [0.717, 1.165) is 5.69 Å². The van der Waals surface area contributed by atoms with Crippen LogP contribution in [0.25, 0.3) is 0 Å². The van der Waals surface area contributed by atoms with Gasteiger partial charge in [-0.25, -0.2) is 9.37 Å². The van der Waals surface area contributed by atoms with Crippen LogP contribution in [0, 0.1) is 12.7 Å². The molecule has 1 heterocycles.